The summed E-state index contributed by atoms with van der Waals surface area (Å²) in [5, 5.41) is 3.69. The maximum absolute atomic E-state index is 5.79. The second kappa shape index (κ2) is 9.06. The van der Waals surface area contributed by atoms with Crippen molar-refractivity contribution in [2.45, 2.75) is 45.5 Å². The van der Waals surface area contributed by atoms with Crippen molar-refractivity contribution in [1.82, 2.24) is 10.2 Å². The molecule has 0 aromatic heterocycles. The molecular weight excluding hydrogens is 324 g/mol. The quantitative estimate of drug-likeness (QED) is 0.781. The average Bonchev–Trinajstić information content (AvgIpc) is 3.08. The Kier molecular flexibility index (Phi) is 6.53. The van der Waals surface area contributed by atoms with Crippen LogP contribution in [0.3, 0.4) is 0 Å². The molecule has 26 heavy (non-hydrogen) atoms. The van der Waals surface area contributed by atoms with Crippen LogP contribution in [0.1, 0.15) is 31.4 Å². The van der Waals surface area contributed by atoms with Crippen LogP contribution in [-0.2, 0) is 13.1 Å². The molecule has 4 nitrogen and oxygen atoms in total. The lowest BCUT2D eigenvalue weighted by atomic mass is 10.1. The smallest absolute Gasteiger partial charge is 0.161 e. The highest BCUT2D eigenvalue weighted by atomic mass is 16.5. The van der Waals surface area contributed by atoms with Crippen molar-refractivity contribution >= 4 is 0 Å². The highest BCUT2D eigenvalue weighted by Gasteiger charge is 2.22. The largest absolute Gasteiger partial charge is 0.493 e. The molecule has 1 heterocycles. The molecule has 1 N–H and O–H groups in total. The predicted molar refractivity (Wildman–Crippen MR) is 106 cm³/mol. The monoisotopic (exact) mass is 354 g/mol. The molecule has 1 aliphatic heterocycles. The molecule has 1 atom stereocenters. The Hall–Kier alpha value is -2.04. The third-order valence-electron chi connectivity index (χ3n) is 4.71. The van der Waals surface area contributed by atoms with E-state index in [2.05, 4.69) is 52.7 Å². The summed E-state index contributed by atoms with van der Waals surface area (Å²) >= 11 is 0. The molecule has 3 rings (SSSR count). The van der Waals surface area contributed by atoms with E-state index < -0.39 is 0 Å². The first kappa shape index (κ1) is 18.7. The van der Waals surface area contributed by atoms with Crippen LogP contribution in [-0.4, -0.2) is 37.2 Å². The van der Waals surface area contributed by atoms with Gasteiger partial charge in [0.05, 0.1) is 13.2 Å². The third-order valence-corrected chi connectivity index (χ3v) is 4.71. The van der Waals surface area contributed by atoms with Gasteiger partial charge in [-0.15, -0.1) is 0 Å². The fourth-order valence-electron chi connectivity index (χ4n) is 3.42. The SMILES string of the molecule is COc1cc(CNC2CCN(Cc3ccccc3)C2)ccc1OC(C)C. The average molecular weight is 354 g/mol. The van der Waals surface area contributed by atoms with Crippen molar-refractivity contribution in [3.05, 3.63) is 59.7 Å². The number of nitrogens with zero attached hydrogens (tertiary/aromatic N) is 1. The number of hydrogen-bond acceptors (Lipinski definition) is 4. The van der Waals surface area contributed by atoms with Crippen LogP contribution in [0.2, 0.25) is 0 Å². The number of likely N-dealkylation sites (tertiary alicyclic amines) is 1. The van der Waals surface area contributed by atoms with Gasteiger partial charge in [-0.2, -0.15) is 0 Å². The van der Waals surface area contributed by atoms with Gasteiger partial charge in [-0.05, 0) is 43.5 Å². The summed E-state index contributed by atoms with van der Waals surface area (Å²) in [6.45, 7) is 8.18. The van der Waals surface area contributed by atoms with E-state index in [1.165, 1.54) is 17.5 Å². The molecule has 1 saturated heterocycles. The number of hydrogen-bond donors (Lipinski definition) is 1. The minimum absolute atomic E-state index is 0.141. The summed E-state index contributed by atoms with van der Waals surface area (Å²) in [6.07, 6.45) is 1.33. The predicted octanol–water partition coefficient (Wildman–Crippen LogP) is 3.85. The molecule has 2 aromatic rings. The highest BCUT2D eigenvalue weighted by molar-refractivity contribution is 5.43. The van der Waals surface area contributed by atoms with Crippen molar-refractivity contribution in [3.8, 4) is 11.5 Å². The minimum Gasteiger partial charge on any atom is -0.493 e. The van der Waals surface area contributed by atoms with Crippen molar-refractivity contribution in [1.29, 1.82) is 0 Å². The zero-order valence-electron chi connectivity index (χ0n) is 16.1. The van der Waals surface area contributed by atoms with Crippen LogP contribution in [0.25, 0.3) is 0 Å². The molecule has 0 amide bonds. The molecule has 2 aromatic carbocycles. The van der Waals surface area contributed by atoms with Crippen molar-refractivity contribution < 1.29 is 9.47 Å². The molecule has 4 heteroatoms. The Balaban J connectivity index is 1.50. The number of rotatable bonds is 8. The summed E-state index contributed by atoms with van der Waals surface area (Å²) in [6, 6.07) is 17.4. The molecule has 0 aliphatic carbocycles. The molecule has 1 fully saturated rings. The van der Waals surface area contributed by atoms with Crippen LogP contribution >= 0.6 is 0 Å². The Morgan fingerprint density at radius 2 is 1.88 bits per heavy atom. The lowest BCUT2D eigenvalue weighted by Gasteiger charge is -2.18. The van der Waals surface area contributed by atoms with Gasteiger partial charge < -0.3 is 14.8 Å². The molecular formula is C22H30N2O2. The summed E-state index contributed by atoms with van der Waals surface area (Å²) < 4.78 is 11.3. The minimum atomic E-state index is 0.141. The number of ether oxygens (including phenoxy) is 2. The molecule has 1 unspecified atom stereocenters. The van der Waals surface area contributed by atoms with Crippen molar-refractivity contribution in [3.63, 3.8) is 0 Å². The van der Waals surface area contributed by atoms with Crippen LogP contribution in [0, 0.1) is 0 Å². The third kappa shape index (κ3) is 5.23. The Morgan fingerprint density at radius 1 is 1.08 bits per heavy atom. The van der Waals surface area contributed by atoms with E-state index in [0.717, 1.165) is 37.7 Å². The molecule has 0 saturated carbocycles. The topological polar surface area (TPSA) is 33.7 Å². The summed E-state index contributed by atoms with van der Waals surface area (Å²) in [4.78, 5) is 2.52. The summed E-state index contributed by atoms with van der Waals surface area (Å²) in [7, 11) is 1.69. The molecule has 1 aliphatic rings. The number of nitrogens with one attached hydrogen (secondary N) is 1. The Labute approximate surface area is 157 Å². The van der Waals surface area contributed by atoms with E-state index in [9.17, 15) is 0 Å². The van der Waals surface area contributed by atoms with Gasteiger partial charge in [0.2, 0.25) is 0 Å². The Morgan fingerprint density at radius 3 is 2.62 bits per heavy atom. The van der Waals surface area contributed by atoms with Crippen LogP contribution < -0.4 is 14.8 Å². The zero-order chi connectivity index (χ0) is 18.4. The lowest BCUT2D eigenvalue weighted by Crippen LogP contribution is -2.31. The lowest BCUT2D eigenvalue weighted by molar-refractivity contribution is 0.230. The van der Waals surface area contributed by atoms with Gasteiger partial charge in [-0.1, -0.05) is 36.4 Å². The van der Waals surface area contributed by atoms with Gasteiger partial charge in [0, 0.05) is 32.2 Å². The second-order valence-electron chi connectivity index (χ2n) is 7.24. The van der Waals surface area contributed by atoms with Crippen LogP contribution in [0.15, 0.2) is 48.5 Å². The first-order chi connectivity index (χ1) is 12.6. The number of benzene rings is 2. The van der Waals surface area contributed by atoms with E-state index in [4.69, 9.17) is 9.47 Å². The van der Waals surface area contributed by atoms with E-state index in [1.807, 2.05) is 19.9 Å². The van der Waals surface area contributed by atoms with E-state index in [0.29, 0.717) is 6.04 Å². The maximum Gasteiger partial charge on any atom is 0.161 e. The first-order valence-corrected chi connectivity index (χ1v) is 9.47. The molecule has 140 valence electrons. The van der Waals surface area contributed by atoms with Crippen LogP contribution in [0.5, 0.6) is 11.5 Å². The highest BCUT2D eigenvalue weighted by Crippen LogP contribution is 2.29. The van der Waals surface area contributed by atoms with Gasteiger partial charge in [0.15, 0.2) is 11.5 Å². The van der Waals surface area contributed by atoms with E-state index in [-0.39, 0.29) is 6.10 Å². The van der Waals surface area contributed by atoms with Crippen LogP contribution in [0.4, 0.5) is 0 Å². The van der Waals surface area contributed by atoms with E-state index >= 15 is 0 Å². The van der Waals surface area contributed by atoms with Crippen molar-refractivity contribution in [2.75, 3.05) is 20.2 Å². The fraction of sp³-hybridized carbons (Fsp3) is 0.455. The van der Waals surface area contributed by atoms with Gasteiger partial charge in [0.25, 0.3) is 0 Å². The van der Waals surface area contributed by atoms with Crippen molar-refractivity contribution in [2.24, 2.45) is 0 Å². The standard InChI is InChI=1S/C22H30N2O2/c1-17(2)26-21-10-9-19(13-22(21)25-3)14-23-20-11-12-24(16-20)15-18-7-5-4-6-8-18/h4-10,13,17,20,23H,11-12,14-16H2,1-3H3. The van der Waals surface area contributed by atoms with Gasteiger partial charge in [0.1, 0.15) is 0 Å². The number of methoxy groups -OCH3 is 1. The fourth-order valence-corrected chi connectivity index (χ4v) is 3.42. The zero-order valence-corrected chi connectivity index (χ0v) is 16.1. The second-order valence-corrected chi connectivity index (χ2v) is 7.24. The normalized spacial score (nSPS) is 17.6. The molecule has 0 spiro atoms. The van der Waals surface area contributed by atoms with E-state index in [1.54, 1.807) is 7.11 Å². The van der Waals surface area contributed by atoms with Gasteiger partial charge >= 0.3 is 0 Å². The van der Waals surface area contributed by atoms with Gasteiger partial charge in [-0.3, -0.25) is 4.90 Å². The molecule has 0 radical (unpaired) electrons. The summed E-state index contributed by atoms with van der Waals surface area (Å²) in [5.41, 5.74) is 2.61. The summed E-state index contributed by atoms with van der Waals surface area (Å²) in [5.74, 6) is 1.61. The van der Waals surface area contributed by atoms with Gasteiger partial charge in [-0.25, -0.2) is 0 Å². The first-order valence-electron chi connectivity index (χ1n) is 9.47. The Bertz CT molecular complexity index is 688. The molecule has 0 bridgehead atoms. The maximum atomic E-state index is 5.79.